The van der Waals surface area contributed by atoms with Crippen LogP contribution < -0.4 is 5.32 Å². The summed E-state index contributed by atoms with van der Waals surface area (Å²) in [4.78, 5) is 23.1. The minimum absolute atomic E-state index is 0.0748. The summed E-state index contributed by atoms with van der Waals surface area (Å²) in [5, 5.41) is 10.7. The van der Waals surface area contributed by atoms with Gasteiger partial charge in [0.05, 0.1) is 23.0 Å². The van der Waals surface area contributed by atoms with Crippen molar-refractivity contribution in [2.45, 2.75) is 25.7 Å². The lowest BCUT2D eigenvalue weighted by Gasteiger charge is -2.15. The monoisotopic (exact) mass is 395 g/mol. The average molecular weight is 395 g/mol. The highest BCUT2D eigenvalue weighted by Gasteiger charge is 2.37. The summed E-state index contributed by atoms with van der Waals surface area (Å²) in [6.45, 7) is 1.37. The van der Waals surface area contributed by atoms with Gasteiger partial charge in [0.15, 0.2) is 0 Å². The number of alkyl halides is 6. The van der Waals surface area contributed by atoms with Gasteiger partial charge in [0, 0.05) is 11.3 Å². The van der Waals surface area contributed by atoms with Crippen molar-refractivity contribution in [3.8, 4) is 0 Å². The number of furan rings is 1. The van der Waals surface area contributed by atoms with E-state index in [-0.39, 0.29) is 23.0 Å². The first-order valence-corrected chi connectivity index (χ1v) is 7.18. The fourth-order valence-corrected chi connectivity index (χ4v) is 2.29. The molecule has 1 amide bonds. The van der Waals surface area contributed by atoms with Crippen molar-refractivity contribution in [2.24, 2.45) is 0 Å². The molecule has 0 bridgehead atoms. The molecule has 27 heavy (non-hydrogen) atoms. The number of rotatable bonds is 4. The molecule has 2 N–H and O–H groups in total. The second kappa shape index (κ2) is 6.97. The molecule has 0 spiro atoms. The maximum atomic E-state index is 12.9. The number of carbonyl (C=O) groups excluding carboxylic acids is 1. The van der Waals surface area contributed by atoms with Crippen molar-refractivity contribution in [1.29, 1.82) is 0 Å². The summed E-state index contributed by atoms with van der Waals surface area (Å²) in [6, 6.07) is 0.619. The van der Waals surface area contributed by atoms with E-state index >= 15 is 0 Å². The van der Waals surface area contributed by atoms with Crippen LogP contribution in [0.2, 0.25) is 0 Å². The van der Waals surface area contributed by atoms with Gasteiger partial charge < -0.3 is 14.8 Å². The van der Waals surface area contributed by atoms with Gasteiger partial charge in [-0.2, -0.15) is 26.3 Å². The van der Waals surface area contributed by atoms with Crippen LogP contribution in [0.1, 0.15) is 32.8 Å². The molecule has 146 valence electrons. The van der Waals surface area contributed by atoms with Crippen molar-refractivity contribution < 1.29 is 45.5 Å². The molecule has 0 atom stereocenters. The highest BCUT2D eigenvalue weighted by molar-refractivity contribution is 6.06. The van der Waals surface area contributed by atoms with E-state index in [0.29, 0.717) is 12.1 Å². The second-order valence-corrected chi connectivity index (χ2v) is 5.54. The Balaban J connectivity index is 2.44. The molecule has 0 saturated carbocycles. The lowest BCUT2D eigenvalue weighted by atomic mass is 10.1. The Morgan fingerprint density at radius 1 is 1.04 bits per heavy atom. The van der Waals surface area contributed by atoms with Crippen molar-refractivity contribution in [1.82, 2.24) is 0 Å². The van der Waals surface area contributed by atoms with E-state index in [9.17, 15) is 35.9 Å². The summed E-state index contributed by atoms with van der Waals surface area (Å²) < 4.78 is 82.1. The van der Waals surface area contributed by atoms with Crippen LogP contribution in [-0.4, -0.2) is 17.0 Å². The predicted molar refractivity (Wildman–Crippen MR) is 79.2 cm³/mol. The molecule has 0 aliphatic heterocycles. The number of anilines is 1. The van der Waals surface area contributed by atoms with Crippen LogP contribution in [0.4, 0.5) is 32.0 Å². The van der Waals surface area contributed by atoms with E-state index in [0.717, 1.165) is 6.26 Å². The molecular weight excluding hydrogens is 384 g/mol. The Morgan fingerprint density at radius 2 is 1.56 bits per heavy atom. The Bertz CT molecular complexity index is 850. The molecule has 0 radical (unpaired) electrons. The molecule has 2 rings (SSSR count). The van der Waals surface area contributed by atoms with Crippen molar-refractivity contribution in [3.63, 3.8) is 0 Å². The summed E-state index contributed by atoms with van der Waals surface area (Å²) in [7, 11) is 0. The molecule has 0 saturated heterocycles. The molecule has 0 unspecified atom stereocenters. The van der Waals surface area contributed by atoms with Crippen LogP contribution in [0.3, 0.4) is 0 Å². The van der Waals surface area contributed by atoms with Crippen molar-refractivity contribution in [3.05, 3.63) is 52.5 Å². The number of nitrogens with one attached hydrogen (secondary N) is 1. The maximum absolute atomic E-state index is 12.9. The average Bonchev–Trinajstić information content (AvgIpc) is 2.85. The van der Waals surface area contributed by atoms with Gasteiger partial charge in [0.25, 0.3) is 5.91 Å². The fraction of sp³-hybridized carbons (Fsp3) is 0.250. The third kappa shape index (κ3) is 4.80. The first-order valence-electron chi connectivity index (χ1n) is 7.18. The predicted octanol–water partition coefficient (Wildman–Crippen LogP) is 4.51. The zero-order valence-corrected chi connectivity index (χ0v) is 13.5. The summed E-state index contributed by atoms with van der Waals surface area (Å²) in [6.07, 6.45) is -9.77. The van der Waals surface area contributed by atoms with Gasteiger partial charge in [-0.15, -0.1) is 0 Å². The molecule has 0 fully saturated rings. The van der Waals surface area contributed by atoms with Crippen molar-refractivity contribution >= 4 is 17.6 Å². The number of carbonyl (C=O) groups is 2. The highest BCUT2D eigenvalue weighted by atomic mass is 19.4. The second-order valence-electron chi connectivity index (χ2n) is 5.54. The van der Waals surface area contributed by atoms with Crippen LogP contribution in [-0.2, 0) is 23.6 Å². The van der Waals surface area contributed by atoms with Gasteiger partial charge in [-0.3, -0.25) is 9.59 Å². The molecule has 0 aliphatic rings. The van der Waals surface area contributed by atoms with Gasteiger partial charge in [-0.25, -0.2) is 0 Å². The summed E-state index contributed by atoms with van der Waals surface area (Å²) in [5.41, 5.74) is -4.04. The van der Waals surface area contributed by atoms with E-state index < -0.39 is 47.5 Å². The summed E-state index contributed by atoms with van der Waals surface area (Å²) in [5.74, 6) is -2.71. The largest absolute Gasteiger partial charge is 0.481 e. The Hall–Kier alpha value is -2.98. The minimum Gasteiger partial charge on any atom is -0.481 e. The standard InChI is InChI=1S/C16H11F6NO4/c1-7-6-27-11(5-12(24)25)13(7)14(26)23-10-3-8(15(17,18)19)2-9(4-10)16(20,21)22/h2-4,6H,5H2,1H3,(H,23,26)(H,24,25). The third-order valence-corrected chi connectivity index (χ3v) is 3.44. The molecule has 1 aromatic heterocycles. The van der Waals surface area contributed by atoms with Gasteiger partial charge in [0.1, 0.15) is 12.2 Å². The highest BCUT2D eigenvalue weighted by Crippen LogP contribution is 2.37. The molecular formula is C16H11F6NO4. The number of benzene rings is 1. The van der Waals surface area contributed by atoms with Crippen molar-refractivity contribution in [2.75, 3.05) is 5.32 Å². The first-order chi connectivity index (χ1) is 12.3. The number of hydrogen-bond donors (Lipinski definition) is 2. The zero-order chi connectivity index (χ0) is 20.6. The molecule has 5 nitrogen and oxygen atoms in total. The van der Waals surface area contributed by atoms with E-state index in [4.69, 9.17) is 9.52 Å². The minimum atomic E-state index is -5.07. The maximum Gasteiger partial charge on any atom is 0.416 e. The third-order valence-electron chi connectivity index (χ3n) is 3.44. The number of aliphatic carboxylic acids is 1. The van der Waals surface area contributed by atoms with E-state index in [2.05, 4.69) is 0 Å². The first kappa shape index (κ1) is 20.3. The lowest BCUT2D eigenvalue weighted by Crippen LogP contribution is -2.17. The van der Waals surface area contributed by atoms with Crippen LogP contribution in [0.15, 0.2) is 28.9 Å². The quantitative estimate of drug-likeness (QED) is 0.747. The molecule has 11 heteroatoms. The Morgan fingerprint density at radius 3 is 2.00 bits per heavy atom. The fourth-order valence-electron chi connectivity index (χ4n) is 2.29. The number of halogens is 6. The van der Waals surface area contributed by atoms with Gasteiger partial charge in [-0.1, -0.05) is 0 Å². The zero-order valence-electron chi connectivity index (χ0n) is 13.5. The normalized spacial score (nSPS) is 12.1. The van der Waals surface area contributed by atoms with Crippen LogP contribution in [0.25, 0.3) is 0 Å². The number of hydrogen-bond acceptors (Lipinski definition) is 3. The summed E-state index contributed by atoms with van der Waals surface area (Å²) >= 11 is 0. The Labute approximate surface area is 147 Å². The number of carboxylic acids is 1. The van der Waals surface area contributed by atoms with Gasteiger partial charge in [0.2, 0.25) is 0 Å². The van der Waals surface area contributed by atoms with Crippen LogP contribution >= 0.6 is 0 Å². The molecule has 0 aliphatic carbocycles. The topological polar surface area (TPSA) is 79.5 Å². The number of amides is 1. The number of carboxylic acid groups (broad SMARTS) is 1. The SMILES string of the molecule is Cc1coc(CC(=O)O)c1C(=O)Nc1cc(C(F)(F)F)cc(C(F)(F)F)c1. The van der Waals surface area contributed by atoms with Gasteiger partial charge >= 0.3 is 18.3 Å². The molecule has 1 heterocycles. The number of aryl methyl sites for hydroxylation is 1. The van der Waals surface area contributed by atoms with E-state index in [1.54, 1.807) is 0 Å². The van der Waals surface area contributed by atoms with Crippen LogP contribution in [0, 0.1) is 6.92 Å². The smallest absolute Gasteiger partial charge is 0.416 e. The molecule has 1 aromatic carbocycles. The molecule has 2 aromatic rings. The van der Waals surface area contributed by atoms with Crippen LogP contribution in [0.5, 0.6) is 0 Å². The van der Waals surface area contributed by atoms with Gasteiger partial charge in [-0.05, 0) is 25.1 Å². The van der Waals surface area contributed by atoms with E-state index in [1.807, 2.05) is 5.32 Å². The van der Waals surface area contributed by atoms with E-state index in [1.165, 1.54) is 6.92 Å². The Kier molecular flexibility index (Phi) is 5.25. The lowest BCUT2D eigenvalue weighted by molar-refractivity contribution is -0.143.